The predicted octanol–water partition coefficient (Wildman–Crippen LogP) is 1.37. The summed E-state index contributed by atoms with van der Waals surface area (Å²) in [5.74, 6) is -0.516. The van der Waals surface area contributed by atoms with Crippen molar-refractivity contribution in [3.8, 4) is 6.07 Å². The van der Waals surface area contributed by atoms with Gasteiger partial charge in [0.25, 0.3) is 0 Å². The molecule has 1 aromatic rings. The van der Waals surface area contributed by atoms with E-state index in [9.17, 15) is 9.18 Å². The molecule has 1 aliphatic heterocycles. The van der Waals surface area contributed by atoms with Gasteiger partial charge in [0, 0.05) is 25.8 Å². The van der Waals surface area contributed by atoms with Crippen molar-refractivity contribution in [2.24, 2.45) is 0 Å². The molecule has 1 amide bonds. The molecule has 0 saturated carbocycles. The van der Waals surface area contributed by atoms with E-state index in [4.69, 9.17) is 5.26 Å². The quantitative estimate of drug-likeness (QED) is 0.753. The van der Waals surface area contributed by atoms with Crippen molar-refractivity contribution in [2.75, 3.05) is 31.6 Å². The molecule has 4 nitrogen and oxygen atoms in total. The van der Waals surface area contributed by atoms with Gasteiger partial charge in [-0.2, -0.15) is 5.26 Å². The Bertz CT molecular complexity index is 509. The number of nitrogens with zero attached hydrogens (tertiary/aromatic N) is 3. The maximum Gasteiger partial charge on any atom is 0.241 e. The van der Waals surface area contributed by atoms with E-state index in [0.717, 1.165) is 6.42 Å². The molecule has 1 fully saturated rings. The summed E-state index contributed by atoms with van der Waals surface area (Å²) in [6, 6.07) is 6.23. The first kappa shape index (κ1) is 12.4. The second kappa shape index (κ2) is 5.05. The van der Waals surface area contributed by atoms with Gasteiger partial charge >= 0.3 is 0 Å². The summed E-state index contributed by atoms with van der Waals surface area (Å²) in [4.78, 5) is 15.3. The van der Waals surface area contributed by atoms with Crippen LogP contribution in [0.1, 0.15) is 12.0 Å². The maximum absolute atomic E-state index is 13.5. The van der Waals surface area contributed by atoms with Crippen LogP contribution in [-0.2, 0) is 4.79 Å². The fraction of sp³-hybridized carbons (Fsp3) is 0.385. The number of hydrogen-bond acceptors (Lipinski definition) is 3. The van der Waals surface area contributed by atoms with Crippen LogP contribution in [0.4, 0.5) is 10.1 Å². The van der Waals surface area contributed by atoms with Gasteiger partial charge in [-0.05, 0) is 24.6 Å². The molecule has 5 heteroatoms. The standard InChI is InChI=1S/C13H14FN3O/c1-16-5-2-6-17(9-13(16)18)11-4-3-10(8-15)12(14)7-11/h3-4,7H,2,5-6,9H2,1H3. The van der Waals surface area contributed by atoms with Gasteiger partial charge in [0.2, 0.25) is 5.91 Å². The van der Waals surface area contributed by atoms with Gasteiger partial charge in [0.05, 0.1) is 12.1 Å². The van der Waals surface area contributed by atoms with Crippen molar-refractivity contribution in [1.82, 2.24) is 4.90 Å². The third kappa shape index (κ3) is 2.43. The van der Waals surface area contributed by atoms with Crippen molar-refractivity contribution >= 4 is 11.6 Å². The number of rotatable bonds is 1. The summed E-state index contributed by atoms with van der Waals surface area (Å²) in [5.41, 5.74) is 0.673. The summed E-state index contributed by atoms with van der Waals surface area (Å²) in [6.07, 6.45) is 0.851. The van der Waals surface area contributed by atoms with E-state index in [1.165, 1.54) is 12.1 Å². The van der Waals surface area contributed by atoms with Crippen LogP contribution < -0.4 is 4.90 Å². The zero-order valence-corrected chi connectivity index (χ0v) is 10.2. The summed E-state index contributed by atoms with van der Waals surface area (Å²) in [7, 11) is 1.77. The molecule has 1 aromatic carbocycles. The zero-order chi connectivity index (χ0) is 13.1. The molecule has 0 aliphatic carbocycles. The van der Waals surface area contributed by atoms with Crippen molar-refractivity contribution in [1.29, 1.82) is 5.26 Å². The lowest BCUT2D eigenvalue weighted by Crippen LogP contribution is -2.34. The highest BCUT2D eigenvalue weighted by atomic mass is 19.1. The maximum atomic E-state index is 13.5. The molecule has 1 saturated heterocycles. The summed E-state index contributed by atoms with van der Waals surface area (Å²) >= 11 is 0. The van der Waals surface area contributed by atoms with Gasteiger partial charge in [-0.15, -0.1) is 0 Å². The van der Waals surface area contributed by atoms with Gasteiger partial charge in [-0.25, -0.2) is 4.39 Å². The Morgan fingerprint density at radius 1 is 1.39 bits per heavy atom. The number of anilines is 1. The van der Waals surface area contributed by atoms with E-state index in [1.807, 2.05) is 4.90 Å². The molecule has 94 valence electrons. The van der Waals surface area contributed by atoms with Gasteiger partial charge < -0.3 is 9.80 Å². The third-order valence-electron chi connectivity index (χ3n) is 3.11. The fourth-order valence-electron chi connectivity index (χ4n) is 2.00. The lowest BCUT2D eigenvalue weighted by Gasteiger charge is -2.22. The first-order valence-electron chi connectivity index (χ1n) is 5.80. The molecule has 0 spiro atoms. The monoisotopic (exact) mass is 247 g/mol. The Balaban J connectivity index is 2.23. The third-order valence-corrected chi connectivity index (χ3v) is 3.11. The molecule has 1 aliphatic rings. The smallest absolute Gasteiger partial charge is 0.241 e. The predicted molar refractivity (Wildman–Crippen MR) is 65.6 cm³/mol. The van der Waals surface area contributed by atoms with Gasteiger partial charge in [0.15, 0.2) is 0 Å². The topological polar surface area (TPSA) is 47.3 Å². The Labute approximate surface area is 105 Å². The minimum atomic E-state index is -0.542. The van der Waals surface area contributed by atoms with E-state index in [-0.39, 0.29) is 18.0 Å². The molecular formula is C13H14FN3O. The van der Waals surface area contributed by atoms with E-state index in [2.05, 4.69) is 0 Å². The van der Waals surface area contributed by atoms with E-state index in [1.54, 1.807) is 24.1 Å². The van der Waals surface area contributed by atoms with Gasteiger partial charge in [-0.1, -0.05) is 0 Å². The van der Waals surface area contributed by atoms with Gasteiger partial charge in [0.1, 0.15) is 11.9 Å². The Hall–Kier alpha value is -2.09. The minimum absolute atomic E-state index is 0.0250. The van der Waals surface area contributed by atoms with Crippen LogP contribution in [-0.4, -0.2) is 37.5 Å². The van der Waals surface area contributed by atoms with Crippen molar-refractivity contribution in [3.05, 3.63) is 29.6 Å². The molecule has 0 N–H and O–H groups in total. The summed E-state index contributed by atoms with van der Waals surface area (Å²) < 4.78 is 13.5. The molecule has 18 heavy (non-hydrogen) atoms. The number of hydrogen-bond donors (Lipinski definition) is 0. The highest BCUT2D eigenvalue weighted by molar-refractivity contribution is 5.81. The molecule has 0 atom stereocenters. The number of benzene rings is 1. The number of carbonyl (C=O) groups is 1. The van der Waals surface area contributed by atoms with Crippen LogP contribution in [0.15, 0.2) is 18.2 Å². The van der Waals surface area contributed by atoms with Crippen molar-refractivity contribution < 1.29 is 9.18 Å². The first-order valence-corrected chi connectivity index (χ1v) is 5.80. The lowest BCUT2D eigenvalue weighted by atomic mass is 10.2. The Kier molecular flexibility index (Phi) is 3.47. The van der Waals surface area contributed by atoms with E-state index >= 15 is 0 Å². The Morgan fingerprint density at radius 2 is 2.17 bits per heavy atom. The average Bonchev–Trinajstić information content (AvgIpc) is 2.52. The Morgan fingerprint density at radius 3 is 2.83 bits per heavy atom. The first-order chi connectivity index (χ1) is 8.61. The van der Waals surface area contributed by atoms with Crippen LogP contribution in [0.25, 0.3) is 0 Å². The molecule has 0 aromatic heterocycles. The van der Waals surface area contributed by atoms with Gasteiger partial charge in [-0.3, -0.25) is 4.79 Å². The SMILES string of the molecule is CN1CCCN(c2ccc(C#N)c(F)c2)CC1=O. The number of carbonyl (C=O) groups excluding carboxylic acids is 1. The largest absolute Gasteiger partial charge is 0.362 e. The second-order valence-corrected chi connectivity index (χ2v) is 4.37. The second-order valence-electron chi connectivity index (χ2n) is 4.37. The highest BCUT2D eigenvalue weighted by Crippen LogP contribution is 2.20. The minimum Gasteiger partial charge on any atom is -0.362 e. The lowest BCUT2D eigenvalue weighted by molar-refractivity contribution is -0.127. The highest BCUT2D eigenvalue weighted by Gasteiger charge is 2.19. The molecule has 1 heterocycles. The molecule has 0 radical (unpaired) electrons. The number of amides is 1. The van der Waals surface area contributed by atoms with Crippen LogP contribution in [0.3, 0.4) is 0 Å². The summed E-state index contributed by atoms with van der Waals surface area (Å²) in [6.45, 7) is 1.68. The summed E-state index contributed by atoms with van der Waals surface area (Å²) in [5, 5.41) is 8.68. The van der Waals surface area contributed by atoms with E-state index in [0.29, 0.717) is 18.8 Å². The van der Waals surface area contributed by atoms with Crippen LogP contribution >= 0.6 is 0 Å². The molecule has 2 rings (SSSR count). The average molecular weight is 247 g/mol. The number of likely N-dealkylation sites (N-methyl/N-ethyl adjacent to an activating group) is 1. The van der Waals surface area contributed by atoms with Crippen molar-refractivity contribution in [3.63, 3.8) is 0 Å². The zero-order valence-electron chi connectivity index (χ0n) is 10.2. The van der Waals surface area contributed by atoms with Crippen LogP contribution in [0.2, 0.25) is 0 Å². The van der Waals surface area contributed by atoms with Crippen molar-refractivity contribution in [2.45, 2.75) is 6.42 Å². The molecule has 0 unspecified atom stereocenters. The van der Waals surface area contributed by atoms with Crippen LogP contribution in [0, 0.1) is 17.1 Å². The number of halogens is 1. The number of nitriles is 1. The van der Waals surface area contributed by atoms with E-state index < -0.39 is 5.82 Å². The normalized spacial score (nSPS) is 16.4. The molecular weight excluding hydrogens is 233 g/mol. The fourth-order valence-corrected chi connectivity index (χ4v) is 2.00. The molecule has 0 bridgehead atoms. The van der Waals surface area contributed by atoms with Crippen LogP contribution in [0.5, 0.6) is 0 Å².